The number of ether oxygens (including phenoxy) is 1. The number of hydrogen-bond acceptors (Lipinski definition) is 3. The molecule has 0 atom stereocenters. The Hall–Kier alpha value is -2.31. The molecule has 0 spiro atoms. The maximum absolute atomic E-state index is 12.5. The summed E-state index contributed by atoms with van der Waals surface area (Å²) in [6.45, 7) is 2.26. The molecule has 4 nitrogen and oxygen atoms in total. The van der Waals surface area contributed by atoms with E-state index in [4.69, 9.17) is 4.74 Å². The van der Waals surface area contributed by atoms with Crippen molar-refractivity contribution in [3.8, 4) is 5.75 Å². The van der Waals surface area contributed by atoms with Crippen LogP contribution in [0.5, 0.6) is 5.75 Å². The molecule has 0 unspecified atom stereocenters. The van der Waals surface area contributed by atoms with E-state index in [2.05, 4.69) is 5.10 Å². The standard InChI is InChI=1S/C16H17F3N2O2/c1-15(2,11-22)13-5-3-4-6-14(13)23-9-12-7-8-20-21(12)10-16(17,18)19/h3-8,11H,9-10H2,1-2H3. The van der Waals surface area contributed by atoms with E-state index in [9.17, 15) is 18.0 Å². The van der Waals surface area contributed by atoms with Crippen LogP contribution in [0.15, 0.2) is 36.5 Å². The summed E-state index contributed by atoms with van der Waals surface area (Å²) in [4.78, 5) is 11.2. The number of rotatable bonds is 6. The Bertz CT molecular complexity index is 678. The Morgan fingerprint density at radius 1 is 1.22 bits per heavy atom. The number of aldehydes is 1. The van der Waals surface area contributed by atoms with Crippen molar-refractivity contribution in [2.75, 3.05) is 0 Å². The fourth-order valence-corrected chi connectivity index (χ4v) is 2.13. The van der Waals surface area contributed by atoms with Crippen LogP contribution in [0, 0.1) is 0 Å². The van der Waals surface area contributed by atoms with Gasteiger partial charge in [-0.25, -0.2) is 0 Å². The summed E-state index contributed by atoms with van der Waals surface area (Å²) < 4.78 is 44.0. The van der Waals surface area contributed by atoms with Crippen molar-refractivity contribution >= 4 is 6.29 Å². The summed E-state index contributed by atoms with van der Waals surface area (Å²) in [6, 6.07) is 8.44. The van der Waals surface area contributed by atoms with Gasteiger partial charge in [0.1, 0.15) is 25.2 Å². The number of nitrogens with zero attached hydrogens (tertiary/aromatic N) is 2. The molecule has 0 aliphatic carbocycles. The van der Waals surface area contributed by atoms with Gasteiger partial charge < -0.3 is 9.53 Å². The normalized spacial score (nSPS) is 12.2. The maximum Gasteiger partial charge on any atom is 0.408 e. The van der Waals surface area contributed by atoms with Gasteiger partial charge in [-0.05, 0) is 26.0 Å². The summed E-state index contributed by atoms with van der Waals surface area (Å²) >= 11 is 0. The minimum atomic E-state index is -4.35. The van der Waals surface area contributed by atoms with E-state index in [1.54, 1.807) is 38.1 Å². The lowest BCUT2D eigenvalue weighted by molar-refractivity contribution is -0.143. The van der Waals surface area contributed by atoms with Crippen LogP contribution < -0.4 is 4.74 Å². The molecule has 2 aromatic rings. The number of carbonyl (C=O) groups is 1. The number of hydrogen-bond donors (Lipinski definition) is 0. The van der Waals surface area contributed by atoms with E-state index in [0.717, 1.165) is 11.0 Å². The molecular formula is C16H17F3N2O2. The molecule has 0 amide bonds. The van der Waals surface area contributed by atoms with Crippen molar-refractivity contribution in [1.82, 2.24) is 9.78 Å². The second-order valence-electron chi connectivity index (χ2n) is 5.72. The van der Waals surface area contributed by atoms with Crippen molar-refractivity contribution in [1.29, 1.82) is 0 Å². The highest BCUT2D eigenvalue weighted by Crippen LogP contribution is 2.30. The SMILES string of the molecule is CC(C)(C=O)c1ccccc1OCc1ccnn1CC(F)(F)F. The summed E-state index contributed by atoms with van der Waals surface area (Å²) in [5.74, 6) is 0.462. The molecule has 0 radical (unpaired) electrons. The van der Waals surface area contributed by atoms with E-state index >= 15 is 0 Å². The molecule has 0 bridgehead atoms. The number of para-hydroxylation sites is 1. The van der Waals surface area contributed by atoms with E-state index in [1.807, 2.05) is 0 Å². The summed E-state index contributed by atoms with van der Waals surface area (Å²) in [5, 5.41) is 3.66. The van der Waals surface area contributed by atoms with Gasteiger partial charge in [-0.15, -0.1) is 0 Å². The van der Waals surface area contributed by atoms with Crippen LogP contribution in [0.4, 0.5) is 13.2 Å². The van der Waals surface area contributed by atoms with E-state index < -0.39 is 18.1 Å². The van der Waals surface area contributed by atoms with Crippen LogP contribution in [0.25, 0.3) is 0 Å². The lowest BCUT2D eigenvalue weighted by atomic mass is 9.86. The predicted octanol–water partition coefficient (Wildman–Crippen LogP) is 3.50. The first kappa shape index (κ1) is 17.1. The van der Waals surface area contributed by atoms with Gasteiger partial charge in [-0.1, -0.05) is 18.2 Å². The minimum Gasteiger partial charge on any atom is -0.487 e. The van der Waals surface area contributed by atoms with Crippen LogP contribution in [-0.4, -0.2) is 22.2 Å². The minimum absolute atomic E-state index is 0.0674. The largest absolute Gasteiger partial charge is 0.487 e. The van der Waals surface area contributed by atoms with Gasteiger partial charge in [0.15, 0.2) is 0 Å². The van der Waals surface area contributed by atoms with Crippen LogP contribution >= 0.6 is 0 Å². The topological polar surface area (TPSA) is 44.1 Å². The lowest BCUT2D eigenvalue weighted by Crippen LogP contribution is -2.22. The molecule has 1 aromatic heterocycles. The average Bonchev–Trinajstić information content (AvgIpc) is 2.90. The maximum atomic E-state index is 12.5. The number of aromatic nitrogens is 2. The third-order valence-electron chi connectivity index (χ3n) is 3.38. The Kier molecular flexibility index (Phi) is 4.77. The third kappa shape index (κ3) is 4.34. The molecule has 0 saturated carbocycles. The van der Waals surface area contributed by atoms with Gasteiger partial charge in [0, 0.05) is 17.2 Å². The van der Waals surface area contributed by atoms with Gasteiger partial charge in [0.2, 0.25) is 0 Å². The Balaban J connectivity index is 2.17. The van der Waals surface area contributed by atoms with Gasteiger partial charge in [0.05, 0.1) is 5.69 Å². The highest BCUT2D eigenvalue weighted by Gasteiger charge is 2.29. The quantitative estimate of drug-likeness (QED) is 0.763. The zero-order valence-corrected chi connectivity index (χ0v) is 12.8. The Labute approximate surface area is 131 Å². The van der Waals surface area contributed by atoms with E-state index in [1.165, 1.54) is 12.3 Å². The predicted molar refractivity (Wildman–Crippen MR) is 78.1 cm³/mol. The van der Waals surface area contributed by atoms with Crippen LogP contribution in [0.1, 0.15) is 25.1 Å². The summed E-state index contributed by atoms with van der Waals surface area (Å²) in [6.07, 6.45) is -2.24. The molecule has 23 heavy (non-hydrogen) atoms. The molecule has 0 N–H and O–H groups in total. The lowest BCUT2D eigenvalue weighted by Gasteiger charge is -2.21. The monoisotopic (exact) mass is 326 g/mol. The second-order valence-corrected chi connectivity index (χ2v) is 5.72. The zero-order chi connectivity index (χ0) is 17.1. The summed E-state index contributed by atoms with van der Waals surface area (Å²) in [5.41, 5.74) is 0.237. The number of carbonyl (C=O) groups excluding carboxylic acids is 1. The van der Waals surface area contributed by atoms with Crippen molar-refractivity contribution in [3.63, 3.8) is 0 Å². The molecule has 0 fully saturated rings. The first-order valence-electron chi connectivity index (χ1n) is 6.99. The third-order valence-corrected chi connectivity index (χ3v) is 3.38. The number of alkyl halides is 3. The fourth-order valence-electron chi connectivity index (χ4n) is 2.13. The molecule has 7 heteroatoms. The Morgan fingerprint density at radius 3 is 2.57 bits per heavy atom. The highest BCUT2D eigenvalue weighted by molar-refractivity contribution is 5.69. The molecule has 1 heterocycles. The van der Waals surface area contributed by atoms with Gasteiger partial charge >= 0.3 is 6.18 Å². The highest BCUT2D eigenvalue weighted by atomic mass is 19.4. The molecular weight excluding hydrogens is 309 g/mol. The molecule has 1 aromatic carbocycles. The van der Waals surface area contributed by atoms with Crippen molar-refractivity contribution < 1.29 is 22.7 Å². The number of benzene rings is 1. The van der Waals surface area contributed by atoms with Crippen LogP contribution in [0.3, 0.4) is 0 Å². The van der Waals surface area contributed by atoms with Crippen molar-refractivity contribution in [2.45, 2.75) is 38.6 Å². The molecule has 0 aliphatic rings. The first-order chi connectivity index (χ1) is 10.7. The van der Waals surface area contributed by atoms with E-state index in [0.29, 0.717) is 17.0 Å². The van der Waals surface area contributed by atoms with Crippen LogP contribution in [0.2, 0.25) is 0 Å². The molecule has 0 saturated heterocycles. The summed E-state index contributed by atoms with van der Waals surface area (Å²) in [7, 11) is 0. The molecule has 124 valence electrons. The zero-order valence-electron chi connectivity index (χ0n) is 12.8. The van der Waals surface area contributed by atoms with Gasteiger partial charge in [-0.3, -0.25) is 4.68 Å². The average molecular weight is 326 g/mol. The fraction of sp³-hybridized carbons (Fsp3) is 0.375. The smallest absolute Gasteiger partial charge is 0.408 e. The Morgan fingerprint density at radius 2 is 1.91 bits per heavy atom. The molecule has 0 aliphatic heterocycles. The van der Waals surface area contributed by atoms with Crippen molar-refractivity contribution in [2.24, 2.45) is 0 Å². The van der Waals surface area contributed by atoms with Crippen LogP contribution in [-0.2, 0) is 23.4 Å². The van der Waals surface area contributed by atoms with Gasteiger partial charge in [0.25, 0.3) is 0 Å². The molecule has 2 rings (SSSR count). The number of halogens is 3. The first-order valence-corrected chi connectivity index (χ1v) is 6.99. The van der Waals surface area contributed by atoms with Gasteiger partial charge in [-0.2, -0.15) is 18.3 Å². The van der Waals surface area contributed by atoms with Crippen molar-refractivity contribution in [3.05, 3.63) is 47.8 Å². The van der Waals surface area contributed by atoms with E-state index in [-0.39, 0.29) is 6.61 Å². The second kappa shape index (κ2) is 6.44.